The van der Waals surface area contributed by atoms with E-state index in [9.17, 15) is 5.02 Å². The molecule has 0 amide bonds. The van der Waals surface area contributed by atoms with Crippen LogP contribution in [0.15, 0.2) is 36.9 Å². The van der Waals surface area contributed by atoms with Crippen LogP contribution in [-0.4, -0.2) is 35.8 Å². The van der Waals surface area contributed by atoms with Gasteiger partial charge in [-0.2, -0.15) is 0 Å². The van der Waals surface area contributed by atoms with Gasteiger partial charge in [-0.05, 0) is 25.1 Å². The number of methoxy groups -OCH3 is 1. The van der Waals surface area contributed by atoms with Crippen molar-refractivity contribution in [2.24, 2.45) is 0 Å². The van der Waals surface area contributed by atoms with Crippen molar-refractivity contribution < 1.29 is 19.2 Å². The van der Waals surface area contributed by atoms with E-state index in [4.69, 9.17) is 14.1 Å². The Labute approximate surface area is 134 Å². The molecule has 0 fully saturated rings. The maximum absolute atomic E-state index is 9.45. The van der Waals surface area contributed by atoms with E-state index in [0.717, 1.165) is 11.1 Å². The molecule has 118 valence electrons. The van der Waals surface area contributed by atoms with Gasteiger partial charge in [-0.3, -0.25) is 4.98 Å². The second-order valence-corrected chi connectivity index (χ2v) is 5.03. The molecule has 0 aliphatic carbocycles. The van der Waals surface area contributed by atoms with E-state index >= 15 is 0 Å². The minimum atomic E-state index is -0.805. The number of hydrogen-bond donors (Lipinski definition) is 1. The highest BCUT2D eigenvalue weighted by atomic mass is 16.5. The van der Waals surface area contributed by atoms with E-state index < -0.39 is 7.12 Å². The summed E-state index contributed by atoms with van der Waals surface area (Å²) in [6.45, 7) is 2.47. The van der Waals surface area contributed by atoms with Crippen molar-refractivity contribution >= 4 is 12.7 Å². The Morgan fingerprint density at radius 2 is 2.09 bits per heavy atom. The summed E-state index contributed by atoms with van der Waals surface area (Å²) in [5, 5.41) is 9.45. The number of aromatic nitrogens is 2. The fraction of sp³-hybridized carbons (Fsp3) is 0.250. The Balaban J connectivity index is 1.94. The van der Waals surface area contributed by atoms with Crippen LogP contribution in [0.2, 0.25) is 6.32 Å². The number of rotatable bonds is 5. The third-order valence-electron chi connectivity index (χ3n) is 3.48. The van der Waals surface area contributed by atoms with E-state index in [0.29, 0.717) is 35.8 Å². The Hall–Kier alpha value is -2.54. The van der Waals surface area contributed by atoms with Crippen molar-refractivity contribution in [1.29, 1.82) is 0 Å². The molecule has 7 heteroatoms. The van der Waals surface area contributed by atoms with Gasteiger partial charge in [0.1, 0.15) is 0 Å². The third kappa shape index (κ3) is 3.29. The Bertz CT molecular complexity index is 736. The van der Waals surface area contributed by atoms with Crippen LogP contribution in [0.5, 0.6) is 11.5 Å². The normalized spacial score (nSPS) is 13.5. The van der Waals surface area contributed by atoms with Crippen LogP contribution in [0.4, 0.5) is 0 Å². The molecule has 23 heavy (non-hydrogen) atoms. The van der Waals surface area contributed by atoms with Crippen LogP contribution in [0.1, 0.15) is 12.6 Å². The maximum atomic E-state index is 9.45. The van der Waals surface area contributed by atoms with Gasteiger partial charge < -0.3 is 19.2 Å². The molecule has 1 aliphatic rings. The first kappa shape index (κ1) is 15.4. The standard InChI is InChI=1S/C16H17BN2O4/c1-3-22-16-6-11(4-5-15(16)21-2)13-8-18-9-14(19-13)12-7-17(20)23-10-12/h4-6,8-10,20H,3,7H2,1-2H3. The maximum Gasteiger partial charge on any atom is 0.527 e. The number of allylic oxidation sites excluding steroid dienone is 1. The first-order valence-electron chi connectivity index (χ1n) is 7.37. The molecule has 2 heterocycles. The van der Waals surface area contributed by atoms with E-state index in [1.54, 1.807) is 19.5 Å². The van der Waals surface area contributed by atoms with Crippen LogP contribution < -0.4 is 9.47 Å². The van der Waals surface area contributed by atoms with Gasteiger partial charge in [0.25, 0.3) is 0 Å². The molecule has 6 nitrogen and oxygen atoms in total. The largest absolute Gasteiger partial charge is 0.541 e. The predicted octanol–water partition coefficient (Wildman–Crippen LogP) is 2.40. The predicted molar refractivity (Wildman–Crippen MR) is 87.0 cm³/mol. The molecule has 0 radical (unpaired) electrons. The summed E-state index contributed by atoms with van der Waals surface area (Å²) >= 11 is 0. The van der Waals surface area contributed by atoms with E-state index in [-0.39, 0.29) is 0 Å². The fourth-order valence-electron chi connectivity index (χ4n) is 2.37. The molecule has 1 N–H and O–H groups in total. The van der Waals surface area contributed by atoms with Gasteiger partial charge in [0.05, 0.1) is 43.8 Å². The van der Waals surface area contributed by atoms with E-state index in [1.165, 1.54) is 6.26 Å². The van der Waals surface area contributed by atoms with Gasteiger partial charge in [-0.15, -0.1) is 0 Å². The number of ether oxygens (including phenoxy) is 2. The second-order valence-electron chi connectivity index (χ2n) is 5.03. The highest BCUT2D eigenvalue weighted by Gasteiger charge is 2.24. The molecule has 0 atom stereocenters. The molecule has 2 aromatic rings. The molecule has 1 aliphatic heterocycles. The molecule has 0 unspecified atom stereocenters. The average molecular weight is 312 g/mol. The van der Waals surface area contributed by atoms with E-state index in [1.807, 2.05) is 25.1 Å². The van der Waals surface area contributed by atoms with Crippen molar-refractivity contribution in [3.05, 3.63) is 42.5 Å². The van der Waals surface area contributed by atoms with Gasteiger partial charge in [0.15, 0.2) is 11.5 Å². The molecule has 1 aromatic carbocycles. The van der Waals surface area contributed by atoms with Gasteiger partial charge >= 0.3 is 7.12 Å². The minimum Gasteiger partial charge on any atom is -0.541 e. The fourth-order valence-corrected chi connectivity index (χ4v) is 2.37. The van der Waals surface area contributed by atoms with Crippen molar-refractivity contribution in [2.75, 3.05) is 13.7 Å². The molecule has 0 spiro atoms. The Kier molecular flexibility index (Phi) is 4.48. The summed E-state index contributed by atoms with van der Waals surface area (Å²) in [6.07, 6.45) is 5.28. The third-order valence-corrected chi connectivity index (χ3v) is 3.48. The molecule has 0 saturated carbocycles. The van der Waals surface area contributed by atoms with Crippen LogP contribution >= 0.6 is 0 Å². The number of nitrogens with zero attached hydrogens (tertiary/aromatic N) is 2. The van der Waals surface area contributed by atoms with Gasteiger partial charge in [0, 0.05) is 17.5 Å². The quantitative estimate of drug-likeness (QED) is 0.855. The van der Waals surface area contributed by atoms with Crippen molar-refractivity contribution in [2.45, 2.75) is 13.2 Å². The molecule has 3 rings (SSSR count). The number of benzene rings is 1. The van der Waals surface area contributed by atoms with Crippen molar-refractivity contribution in [1.82, 2.24) is 9.97 Å². The van der Waals surface area contributed by atoms with Gasteiger partial charge in [-0.1, -0.05) is 0 Å². The SMILES string of the molecule is CCOc1cc(-c2cncc(C3=COB(O)C3)n2)ccc1OC. The summed E-state index contributed by atoms with van der Waals surface area (Å²) in [6, 6.07) is 5.63. The summed E-state index contributed by atoms with van der Waals surface area (Å²) in [5.41, 5.74) is 3.11. The lowest BCUT2D eigenvalue weighted by atomic mass is 9.83. The van der Waals surface area contributed by atoms with Crippen LogP contribution in [0.3, 0.4) is 0 Å². The lowest BCUT2D eigenvalue weighted by Gasteiger charge is -2.11. The van der Waals surface area contributed by atoms with E-state index in [2.05, 4.69) is 9.97 Å². The molecular weight excluding hydrogens is 295 g/mol. The topological polar surface area (TPSA) is 73.7 Å². The molecule has 0 bridgehead atoms. The number of hydrogen-bond acceptors (Lipinski definition) is 6. The van der Waals surface area contributed by atoms with Gasteiger partial charge in [-0.25, -0.2) is 4.98 Å². The van der Waals surface area contributed by atoms with Crippen LogP contribution in [0.25, 0.3) is 16.8 Å². The molecular formula is C16H17BN2O4. The van der Waals surface area contributed by atoms with Crippen molar-refractivity contribution in [3.63, 3.8) is 0 Å². The minimum absolute atomic E-state index is 0.408. The zero-order valence-corrected chi connectivity index (χ0v) is 13.0. The second kappa shape index (κ2) is 6.70. The summed E-state index contributed by atoms with van der Waals surface area (Å²) < 4.78 is 15.9. The van der Waals surface area contributed by atoms with Crippen molar-refractivity contribution in [3.8, 4) is 22.8 Å². The molecule has 1 aromatic heterocycles. The first-order valence-corrected chi connectivity index (χ1v) is 7.37. The van der Waals surface area contributed by atoms with Crippen LogP contribution in [-0.2, 0) is 4.65 Å². The molecule has 0 saturated heterocycles. The Morgan fingerprint density at radius 1 is 1.26 bits per heavy atom. The average Bonchev–Trinajstić information content (AvgIpc) is 3.02. The van der Waals surface area contributed by atoms with Gasteiger partial charge in [0.2, 0.25) is 0 Å². The Morgan fingerprint density at radius 3 is 2.78 bits per heavy atom. The lowest BCUT2D eigenvalue weighted by Crippen LogP contribution is -2.08. The summed E-state index contributed by atoms with van der Waals surface area (Å²) in [7, 11) is 0.802. The zero-order chi connectivity index (χ0) is 16.2. The smallest absolute Gasteiger partial charge is 0.527 e. The van der Waals surface area contributed by atoms with Crippen LogP contribution in [0, 0.1) is 0 Å². The lowest BCUT2D eigenvalue weighted by molar-refractivity contribution is 0.311. The zero-order valence-electron chi connectivity index (χ0n) is 13.0. The monoisotopic (exact) mass is 312 g/mol. The highest BCUT2D eigenvalue weighted by Crippen LogP contribution is 2.32. The highest BCUT2D eigenvalue weighted by molar-refractivity contribution is 6.47. The summed E-state index contributed by atoms with van der Waals surface area (Å²) in [5.74, 6) is 1.34. The first-order chi connectivity index (χ1) is 11.2. The summed E-state index contributed by atoms with van der Waals surface area (Å²) in [4.78, 5) is 8.83.